The highest BCUT2D eigenvalue weighted by atomic mass is 32.2. The van der Waals surface area contributed by atoms with Gasteiger partial charge in [-0.3, -0.25) is 4.79 Å². The maximum Gasteiger partial charge on any atom is 0.191 e. The van der Waals surface area contributed by atoms with E-state index in [1.807, 2.05) is 38.1 Å². The third-order valence-electron chi connectivity index (χ3n) is 4.14. The first-order valence-corrected chi connectivity index (χ1v) is 9.19. The molecule has 2 heterocycles. The Balaban J connectivity index is 1.74. The predicted octanol–water partition coefficient (Wildman–Crippen LogP) is 3.08. The summed E-state index contributed by atoms with van der Waals surface area (Å²) >= 11 is 1.24. The van der Waals surface area contributed by atoms with E-state index in [0.29, 0.717) is 16.8 Å². The molecule has 3 rings (SSSR count). The molecule has 0 spiro atoms. The number of hydrogen-bond acceptors (Lipinski definition) is 6. The highest BCUT2D eigenvalue weighted by Gasteiger charge is 2.17. The summed E-state index contributed by atoms with van der Waals surface area (Å²) in [6.45, 7) is 4.73. The number of thioether (sulfide) groups is 1. The molecule has 26 heavy (non-hydrogen) atoms. The molecular formula is C19H21N5OS. The number of Topliss-reactive ketones (excluding diaryl/α,β-unsaturated/α-hetero) is 1. The van der Waals surface area contributed by atoms with Crippen LogP contribution in [0.5, 0.6) is 0 Å². The predicted molar refractivity (Wildman–Crippen MR) is 105 cm³/mol. The zero-order chi connectivity index (χ0) is 18.7. The van der Waals surface area contributed by atoms with Crippen molar-refractivity contribution in [1.29, 1.82) is 0 Å². The second-order valence-electron chi connectivity index (χ2n) is 6.07. The topological polar surface area (TPSA) is 99.8 Å². The van der Waals surface area contributed by atoms with E-state index in [1.165, 1.54) is 23.4 Å². The van der Waals surface area contributed by atoms with E-state index in [9.17, 15) is 4.79 Å². The fourth-order valence-electron chi connectivity index (χ4n) is 2.83. The maximum absolute atomic E-state index is 12.7. The Morgan fingerprint density at radius 3 is 2.38 bits per heavy atom. The van der Waals surface area contributed by atoms with Crippen molar-refractivity contribution in [2.75, 3.05) is 17.2 Å². The third-order valence-corrected chi connectivity index (χ3v) is 4.98. The summed E-state index contributed by atoms with van der Waals surface area (Å²) < 4.78 is 2.15. The summed E-state index contributed by atoms with van der Waals surface area (Å²) in [5, 5.41) is 0.411. The second-order valence-corrected chi connectivity index (χ2v) is 7.01. The minimum Gasteiger partial charge on any atom is -0.383 e. The van der Waals surface area contributed by atoms with E-state index in [4.69, 9.17) is 11.5 Å². The molecule has 0 radical (unpaired) electrons. The van der Waals surface area contributed by atoms with Crippen molar-refractivity contribution in [2.45, 2.75) is 25.5 Å². The van der Waals surface area contributed by atoms with Crippen molar-refractivity contribution in [3.8, 4) is 0 Å². The Labute approximate surface area is 156 Å². The first-order chi connectivity index (χ1) is 12.4. The van der Waals surface area contributed by atoms with Gasteiger partial charge in [-0.15, -0.1) is 0 Å². The van der Waals surface area contributed by atoms with E-state index >= 15 is 0 Å². The van der Waals surface area contributed by atoms with Gasteiger partial charge in [0.25, 0.3) is 0 Å². The van der Waals surface area contributed by atoms with Crippen LogP contribution >= 0.6 is 11.8 Å². The number of hydrogen-bond donors (Lipinski definition) is 2. The second kappa shape index (κ2) is 7.61. The van der Waals surface area contributed by atoms with Gasteiger partial charge in [-0.2, -0.15) is 0 Å². The fourth-order valence-corrected chi connectivity index (χ4v) is 3.58. The van der Waals surface area contributed by atoms with Crippen molar-refractivity contribution in [2.24, 2.45) is 0 Å². The monoisotopic (exact) mass is 367 g/mol. The van der Waals surface area contributed by atoms with E-state index in [2.05, 4.69) is 26.7 Å². The van der Waals surface area contributed by atoms with Crippen molar-refractivity contribution >= 4 is 29.2 Å². The number of nitrogens with zero attached hydrogens (tertiary/aromatic N) is 3. The van der Waals surface area contributed by atoms with E-state index in [0.717, 1.165) is 23.5 Å². The molecule has 0 unspecified atom stereocenters. The molecule has 0 saturated carbocycles. The van der Waals surface area contributed by atoms with Gasteiger partial charge in [-0.05, 0) is 25.5 Å². The Morgan fingerprint density at radius 1 is 1.08 bits per heavy atom. The van der Waals surface area contributed by atoms with Gasteiger partial charge in [0.2, 0.25) is 0 Å². The molecule has 0 bridgehead atoms. The van der Waals surface area contributed by atoms with Gasteiger partial charge in [0.15, 0.2) is 10.9 Å². The summed E-state index contributed by atoms with van der Waals surface area (Å²) in [7, 11) is 0. The van der Waals surface area contributed by atoms with Gasteiger partial charge < -0.3 is 16.0 Å². The van der Waals surface area contributed by atoms with Crippen LogP contribution in [-0.4, -0.2) is 26.1 Å². The highest BCUT2D eigenvalue weighted by Crippen LogP contribution is 2.22. The minimum atomic E-state index is 0.0343. The largest absolute Gasteiger partial charge is 0.383 e. The number of aromatic nitrogens is 3. The van der Waals surface area contributed by atoms with Crippen molar-refractivity contribution in [3.63, 3.8) is 0 Å². The minimum absolute atomic E-state index is 0.0343. The standard InChI is InChI=1S/C19H21N5OS/c1-12-8-15(13(2)24(12)10-14-6-4-3-5-7-14)16(25)11-26-19-22-17(20)9-18(21)23-19/h3-9H,10-11H2,1-2H3,(H4,20,21,22,23). The lowest BCUT2D eigenvalue weighted by Gasteiger charge is -2.10. The van der Waals surface area contributed by atoms with Gasteiger partial charge >= 0.3 is 0 Å². The van der Waals surface area contributed by atoms with Crippen LogP contribution in [0.15, 0.2) is 47.6 Å². The lowest BCUT2D eigenvalue weighted by molar-refractivity contribution is 0.102. The summed E-state index contributed by atoms with van der Waals surface area (Å²) in [5.74, 6) is 0.868. The molecule has 134 valence electrons. The van der Waals surface area contributed by atoms with Crippen LogP contribution in [0.3, 0.4) is 0 Å². The highest BCUT2D eigenvalue weighted by molar-refractivity contribution is 7.99. The molecular weight excluding hydrogens is 346 g/mol. The van der Waals surface area contributed by atoms with Gasteiger partial charge in [-0.25, -0.2) is 9.97 Å². The van der Waals surface area contributed by atoms with Crippen LogP contribution in [0.25, 0.3) is 0 Å². The number of benzene rings is 1. The third kappa shape index (κ3) is 4.05. The molecule has 6 nitrogen and oxygen atoms in total. The number of nitrogens with two attached hydrogens (primary N) is 2. The number of carbonyl (C=O) groups is 1. The first-order valence-electron chi connectivity index (χ1n) is 8.20. The molecule has 0 fully saturated rings. The van der Waals surface area contributed by atoms with Crippen LogP contribution in [0.1, 0.15) is 27.3 Å². The number of carbonyl (C=O) groups excluding carboxylic acids is 1. The smallest absolute Gasteiger partial charge is 0.191 e. The van der Waals surface area contributed by atoms with Crippen molar-refractivity contribution in [1.82, 2.24) is 14.5 Å². The molecule has 0 aliphatic carbocycles. The lowest BCUT2D eigenvalue weighted by Crippen LogP contribution is -2.08. The zero-order valence-electron chi connectivity index (χ0n) is 14.8. The van der Waals surface area contributed by atoms with Crippen LogP contribution in [-0.2, 0) is 6.54 Å². The Morgan fingerprint density at radius 2 is 1.73 bits per heavy atom. The SMILES string of the molecule is Cc1cc(C(=O)CSc2nc(N)cc(N)n2)c(C)n1Cc1ccccc1. The zero-order valence-corrected chi connectivity index (χ0v) is 15.6. The Hall–Kier alpha value is -2.80. The van der Waals surface area contributed by atoms with E-state index in [-0.39, 0.29) is 11.5 Å². The Bertz CT molecular complexity index is 916. The summed E-state index contributed by atoms with van der Waals surface area (Å²) in [5.41, 5.74) is 15.3. The van der Waals surface area contributed by atoms with Crippen LogP contribution in [0.4, 0.5) is 11.6 Å². The number of nitrogen functional groups attached to an aromatic ring is 2. The molecule has 7 heteroatoms. The van der Waals surface area contributed by atoms with Crippen molar-refractivity contribution in [3.05, 3.63) is 65.0 Å². The molecule has 0 atom stereocenters. The average molecular weight is 367 g/mol. The van der Waals surface area contributed by atoms with Gasteiger partial charge in [-0.1, -0.05) is 42.1 Å². The molecule has 0 aliphatic heterocycles. The number of anilines is 2. The lowest BCUT2D eigenvalue weighted by atomic mass is 10.2. The van der Waals surface area contributed by atoms with Crippen molar-refractivity contribution < 1.29 is 4.79 Å². The van der Waals surface area contributed by atoms with Crippen LogP contribution < -0.4 is 11.5 Å². The summed E-state index contributed by atoms with van der Waals surface area (Å²) in [4.78, 5) is 20.9. The van der Waals surface area contributed by atoms with Gasteiger partial charge in [0.05, 0.1) is 5.75 Å². The van der Waals surface area contributed by atoms with Crippen LogP contribution in [0.2, 0.25) is 0 Å². The molecule has 0 aliphatic rings. The molecule has 0 saturated heterocycles. The molecule has 2 aromatic heterocycles. The number of ketones is 1. The Kier molecular flexibility index (Phi) is 5.27. The van der Waals surface area contributed by atoms with E-state index in [1.54, 1.807) is 0 Å². The molecule has 3 aromatic rings. The number of aryl methyl sites for hydroxylation is 1. The van der Waals surface area contributed by atoms with Crippen LogP contribution in [0, 0.1) is 13.8 Å². The fraction of sp³-hybridized carbons (Fsp3) is 0.211. The quantitative estimate of drug-likeness (QED) is 0.394. The number of rotatable bonds is 6. The summed E-state index contributed by atoms with van der Waals surface area (Å²) in [6, 6.07) is 13.6. The maximum atomic E-state index is 12.7. The summed E-state index contributed by atoms with van der Waals surface area (Å²) in [6.07, 6.45) is 0. The molecule has 0 amide bonds. The van der Waals surface area contributed by atoms with Gasteiger partial charge in [0.1, 0.15) is 11.6 Å². The van der Waals surface area contributed by atoms with Gasteiger partial charge in [0, 0.05) is 29.6 Å². The molecule has 1 aromatic carbocycles. The molecule has 4 N–H and O–H groups in total. The normalized spacial score (nSPS) is 10.8. The average Bonchev–Trinajstić information content (AvgIpc) is 2.88. The van der Waals surface area contributed by atoms with E-state index < -0.39 is 0 Å². The first kappa shape index (κ1) is 18.0.